The van der Waals surface area contributed by atoms with Crippen LogP contribution in [0.15, 0.2) is 40.5 Å². The highest BCUT2D eigenvalue weighted by Crippen LogP contribution is 2.22. The summed E-state index contributed by atoms with van der Waals surface area (Å²) in [4.78, 5) is 19.9. The molecule has 1 aromatic carbocycles. The van der Waals surface area contributed by atoms with Crippen molar-refractivity contribution in [2.24, 2.45) is 5.73 Å². The third-order valence-corrected chi connectivity index (χ3v) is 5.51. The number of halogens is 1. The van der Waals surface area contributed by atoms with E-state index >= 15 is 0 Å². The zero-order valence-electron chi connectivity index (χ0n) is 13.7. The third-order valence-electron chi connectivity index (χ3n) is 4.62. The summed E-state index contributed by atoms with van der Waals surface area (Å²) in [5, 5.41) is 1.89. The van der Waals surface area contributed by atoms with Gasteiger partial charge >= 0.3 is 0 Å². The molecule has 0 unspecified atom stereocenters. The lowest BCUT2D eigenvalue weighted by molar-refractivity contribution is 0.488. The summed E-state index contributed by atoms with van der Waals surface area (Å²) in [6, 6.07) is 8.32. The number of nitrogens with zero attached hydrogens (tertiary/aromatic N) is 3. The summed E-state index contributed by atoms with van der Waals surface area (Å²) in [6.45, 7) is 1.94. The van der Waals surface area contributed by atoms with Crippen molar-refractivity contribution >= 4 is 27.5 Å². The minimum atomic E-state index is -0.284. The molecule has 0 atom stereocenters. The topological polar surface area (TPSA) is 64.2 Å². The van der Waals surface area contributed by atoms with Gasteiger partial charge in [-0.1, -0.05) is 12.1 Å². The molecule has 3 aromatic rings. The Morgan fingerprint density at radius 2 is 1.92 bits per heavy atom. The Kier molecular flexibility index (Phi) is 4.27. The van der Waals surface area contributed by atoms with E-state index in [-0.39, 0.29) is 17.4 Å². The number of thiophene rings is 1. The van der Waals surface area contributed by atoms with Crippen molar-refractivity contribution in [3.63, 3.8) is 0 Å². The fourth-order valence-electron chi connectivity index (χ4n) is 3.19. The number of aromatic nitrogens is 2. The van der Waals surface area contributed by atoms with Gasteiger partial charge < -0.3 is 10.6 Å². The number of rotatable bonds is 3. The number of nitrogens with two attached hydrogens (primary N) is 1. The van der Waals surface area contributed by atoms with Crippen molar-refractivity contribution in [2.75, 3.05) is 18.0 Å². The van der Waals surface area contributed by atoms with Gasteiger partial charge in [-0.3, -0.25) is 9.36 Å². The maximum Gasteiger partial charge on any atom is 0.273 e. The van der Waals surface area contributed by atoms with E-state index in [9.17, 15) is 9.18 Å². The molecule has 5 nitrogen and oxygen atoms in total. The molecule has 2 aromatic heterocycles. The summed E-state index contributed by atoms with van der Waals surface area (Å²) in [5.41, 5.74) is 7.56. The van der Waals surface area contributed by atoms with Crippen LogP contribution in [0, 0.1) is 5.82 Å². The summed E-state index contributed by atoms with van der Waals surface area (Å²) in [6.07, 6.45) is 1.77. The fourth-order valence-corrected chi connectivity index (χ4v) is 3.97. The van der Waals surface area contributed by atoms with Gasteiger partial charge in [-0.15, -0.1) is 11.3 Å². The number of benzene rings is 1. The molecule has 1 aliphatic rings. The average molecular weight is 358 g/mol. The van der Waals surface area contributed by atoms with Gasteiger partial charge in [0.2, 0.25) is 5.95 Å². The van der Waals surface area contributed by atoms with Crippen LogP contribution in [0.5, 0.6) is 0 Å². The standard InChI is InChI=1S/C18H19FN4OS/c19-13-3-1-12(2-4-13)11-23-17(24)16-15(7-10-25-16)21-18(23)22-8-5-14(20)6-9-22/h1-4,7,10,14H,5-6,8-9,11,20H2. The van der Waals surface area contributed by atoms with Crippen molar-refractivity contribution in [3.8, 4) is 0 Å². The SMILES string of the molecule is NC1CCN(c2nc3ccsc3c(=O)n2Cc2ccc(F)cc2)CC1. The van der Waals surface area contributed by atoms with E-state index in [1.54, 1.807) is 16.7 Å². The molecule has 25 heavy (non-hydrogen) atoms. The molecule has 0 aliphatic carbocycles. The largest absolute Gasteiger partial charge is 0.342 e. The Labute approximate surface area is 148 Å². The smallest absolute Gasteiger partial charge is 0.273 e. The van der Waals surface area contributed by atoms with Gasteiger partial charge in [-0.25, -0.2) is 9.37 Å². The van der Waals surface area contributed by atoms with Crippen LogP contribution < -0.4 is 16.2 Å². The highest BCUT2D eigenvalue weighted by molar-refractivity contribution is 7.17. The predicted molar refractivity (Wildman–Crippen MR) is 98.8 cm³/mol. The Morgan fingerprint density at radius 3 is 2.64 bits per heavy atom. The first-order valence-corrected chi connectivity index (χ1v) is 9.23. The summed E-state index contributed by atoms with van der Waals surface area (Å²) < 4.78 is 15.5. The molecule has 0 saturated carbocycles. The molecular weight excluding hydrogens is 339 g/mol. The van der Waals surface area contributed by atoms with E-state index in [4.69, 9.17) is 10.7 Å². The van der Waals surface area contributed by atoms with Crippen LogP contribution in [0.25, 0.3) is 10.2 Å². The van der Waals surface area contributed by atoms with Crippen LogP contribution >= 0.6 is 11.3 Å². The minimum absolute atomic E-state index is 0.0470. The van der Waals surface area contributed by atoms with Gasteiger partial charge in [-0.05, 0) is 42.0 Å². The molecule has 1 saturated heterocycles. The number of hydrogen-bond acceptors (Lipinski definition) is 5. The van der Waals surface area contributed by atoms with Gasteiger partial charge in [0.25, 0.3) is 5.56 Å². The maximum atomic E-state index is 13.2. The lowest BCUT2D eigenvalue weighted by atomic mass is 10.1. The van der Waals surface area contributed by atoms with Crippen molar-refractivity contribution < 1.29 is 4.39 Å². The van der Waals surface area contributed by atoms with Gasteiger partial charge in [0, 0.05) is 19.1 Å². The van der Waals surface area contributed by atoms with Crippen LogP contribution in [-0.2, 0) is 6.54 Å². The van der Waals surface area contributed by atoms with E-state index in [2.05, 4.69) is 4.90 Å². The first-order chi connectivity index (χ1) is 12.1. The maximum absolute atomic E-state index is 13.2. The zero-order valence-corrected chi connectivity index (χ0v) is 14.5. The fraction of sp³-hybridized carbons (Fsp3) is 0.333. The lowest BCUT2D eigenvalue weighted by Crippen LogP contribution is -2.42. The molecule has 2 N–H and O–H groups in total. The lowest BCUT2D eigenvalue weighted by Gasteiger charge is -2.32. The monoisotopic (exact) mass is 358 g/mol. The number of hydrogen-bond donors (Lipinski definition) is 1. The van der Waals surface area contributed by atoms with Crippen LogP contribution in [0.4, 0.5) is 10.3 Å². The van der Waals surface area contributed by atoms with Gasteiger partial charge in [0.05, 0.1) is 12.1 Å². The van der Waals surface area contributed by atoms with Crippen LogP contribution in [-0.4, -0.2) is 28.7 Å². The van der Waals surface area contributed by atoms with Crippen molar-refractivity contribution in [1.82, 2.24) is 9.55 Å². The second-order valence-electron chi connectivity index (χ2n) is 6.39. The van der Waals surface area contributed by atoms with Crippen molar-refractivity contribution in [3.05, 3.63) is 57.4 Å². The van der Waals surface area contributed by atoms with Gasteiger partial charge in [0.15, 0.2) is 0 Å². The number of piperidine rings is 1. The molecule has 1 aliphatic heterocycles. The molecule has 7 heteroatoms. The Bertz CT molecular complexity index is 942. The minimum Gasteiger partial charge on any atom is -0.342 e. The van der Waals surface area contributed by atoms with Crippen LogP contribution in [0.2, 0.25) is 0 Å². The molecule has 1 fully saturated rings. The quantitative estimate of drug-likeness (QED) is 0.782. The summed E-state index contributed by atoms with van der Waals surface area (Å²) in [7, 11) is 0. The molecular formula is C18H19FN4OS. The zero-order chi connectivity index (χ0) is 17.4. The highest BCUT2D eigenvalue weighted by Gasteiger charge is 2.22. The summed E-state index contributed by atoms with van der Waals surface area (Å²) >= 11 is 1.40. The van der Waals surface area contributed by atoms with E-state index < -0.39 is 0 Å². The van der Waals surface area contributed by atoms with E-state index in [0.29, 0.717) is 17.2 Å². The Morgan fingerprint density at radius 1 is 1.20 bits per heavy atom. The molecule has 0 bridgehead atoms. The van der Waals surface area contributed by atoms with Crippen molar-refractivity contribution in [1.29, 1.82) is 0 Å². The molecule has 0 radical (unpaired) electrons. The predicted octanol–water partition coefficient (Wildman–Crippen LogP) is 2.57. The highest BCUT2D eigenvalue weighted by atomic mass is 32.1. The molecule has 130 valence electrons. The van der Waals surface area contributed by atoms with Crippen molar-refractivity contribution in [2.45, 2.75) is 25.4 Å². The normalized spacial score (nSPS) is 15.8. The number of anilines is 1. The molecule has 4 rings (SSSR count). The van der Waals surface area contributed by atoms with E-state index in [1.165, 1.54) is 23.5 Å². The second-order valence-corrected chi connectivity index (χ2v) is 7.31. The average Bonchev–Trinajstić information content (AvgIpc) is 3.09. The van der Waals surface area contributed by atoms with E-state index in [1.807, 2.05) is 11.4 Å². The van der Waals surface area contributed by atoms with Crippen LogP contribution in [0.1, 0.15) is 18.4 Å². The Balaban J connectivity index is 1.79. The van der Waals surface area contributed by atoms with Gasteiger partial charge in [-0.2, -0.15) is 0 Å². The first-order valence-electron chi connectivity index (χ1n) is 8.35. The molecule has 0 amide bonds. The first kappa shape index (κ1) is 16.2. The van der Waals surface area contributed by atoms with E-state index in [0.717, 1.165) is 37.0 Å². The summed E-state index contributed by atoms with van der Waals surface area (Å²) in [5.74, 6) is 0.389. The molecule has 3 heterocycles. The number of fused-ring (bicyclic) bond motifs is 1. The third kappa shape index (κ3) is 3.17. The van der Waals surface area contributed by atoms with Gasteiger partial charge in [0.1, 0.15) is 10.5 Å². The second kappa shape index (κ2) is 6.57. The Hall–Kier alpha value is -2.25. The molecule has 0 spiro atoms. The van der Waals surface area contributed by atoms with Crippen LogP contribution in [0.3, 0.4) is 0 Å².